The molecule has 0 aliphatic carbocycles. The Kier molecular flexibility index (Phi) is 2.19. The summed E-state index contributed by atoms with van der Waals surface area (Å²) in [6.07, 6.45) is 1.67. The van der Waals surface area contributed by atoms with Gasteiger partial charge in [0.15, 0.2) is 11.0 Å². The lowest BCUT2D eigenvalue weighted by Crippen LogP contribution is -2.36. The summed E-state index contributed by atoms with van der Waals surface area (Å²) in [6.45, 7) is 1.76. The predicted octanol–water partition coefficient (Wildman–Crippen LogP) is 0.0887. The third-order valence-electron chi connectivity index (χ3n) is 3.56. The largest absolute Gasteiger partial charge is 0.449 e. The van der Waals surface area contributed by atoms with Gasteiger partial charge in [-0.2, -0.15) is 4.52 Å². The lowest BCUT2D eigenvalue weighted by Gasteiger charge is -2.14. The number of aromatic nitrogens is 3. The number of hydrogen-bond donors (Lipinski definition) is 1. The van der Waals surface area contributed by atoms with Crippen LogP contribution in [0.5, 0.6) is 0 Å². The van der Waals surface area contributed by atoms with Crippen molar-refractivity contribution in [1.82, 2.24) is 20.1 Å². The maximum Gasteiger partial charge on any atom is 0.315 e. The van der Waals surface area contributed by atoms with Gasteiger partial charge in [0, 0.05) is 0 Å². The summed E-state index contributed by atoms with van der Waals surface area (Å²) in [4.78, 5) is 12.4. The van der Waals surface area contributed by atoms with E-state index in [1.54, 1.807) is 0 Å². The summed E-state index contributed by atoms with van der Waals surface area (Å²) < 4.78 is 7.16. The molecule has 1 aromatic carbocycles. The molecule has 0 saturated carbocycles. The highest BCUT2D eigenvalue weighted by Crippen LogP contribution is 2.16. The fourth-order valence-electron chi connectivity index (χ4n) is 2.60. The minimum Gasteiger partial charge on any atom is -0.449 e. The molecule has 4 rings (SSSR count). The monoisotopic (exact) mass is 256 g/mol. The van der Waals surface area contributed by atoms with Gasteiger partial charge in [-0.15, -0.1) is 5.10 Å². The van der Waals surface area contributed by atoms with Crippen molar-refractivity contribution in [3.05, 3.63) is 34.0 Å². The van der Waals surface area contributed by atoms with Gasteiger partial charge >= 0.3 is 5.56 Å². The first-order chi connectivity index (χ1) is 9.34. The molecule has 1 saturated heterocycles. The molecule has 6 nitrogen and oxygen atoms in total. The Hall–Kier alpha value is -2.21. The van der Waals surface area contributed by atoms with Crippen molar-refractivity contribution in [3.63, 3.8) is 0 Å². The zero-order valence-electron chi connectivity index (χ0n) is 10.2. The first-order valence-electron chi connectivity index (χ1n) is 6.34. The molecule has 6 heteroatoms. The molecule has 3 heterocycles. The van der Waals surface area contributed by atoms with E-state index in [9.17, 15) is 4.79 Å². The maximum absolute atomic E-state index is 12.4. The standard InChI is InChI=1S/C13H12N4O2/c18-13-12(8-4-6-14-7-5-8)19-10-3-1-2-9-11(10)17(13)16-15-9/h1-3,14H,4-7H2. The van der Waals surface area contributed by atoms with Crippen LogP contribution in [-0.2, 0) is 0 Å². The van der Waals surface area contributed by atoms with Gasteiger partial charge in [-0.25, -0.2) is 0 Å². The van der Waals surface area contributed by atoms with Crippen LogP contribution in [0.3, 0.4) is 0 Å². The second kappa shape index (κ2) is 3.89. The maximum atomic E-state index is 12.4. The highest BCUT2D eigenvalue weighted by Gasteiger charge is 2.15. The molecule has 0 bridgehead atoms. The van der Waals surface area contributed by atoms with E-state index in [2.05, 4.69) is 15.6 Å². The fourth-order valence-corrected chi connectivity index (χ4v) is 2.60. The first-order valence-corrected chi connectivity index (χ1v) is 6.34. The van der Waals surface area contributed by atoms with Gasteiger partial charge in [0.2, 0.25) is 0 Å². The number of benzene rings is 1. The molecule has 0 spiro atoms. The van der Waals surface area contributed by atoms with Crippen LogP contribution < -0.4 is 16.3 Å². The van der Waals surface area contributed by atoms with Gasteiger partial charge in [-0.05, 0) is 43.6 Å². The second-order valence-corrected chi connectivity index (χ2v) is 4.72. The minimum atomic E-state index is -0.210. The Labute approximate surface area is 107 Å². The lowest BCUT2D eigenvalue weighted by atomic mass is 10.1. The van der Waals surface area contributed by atoms with E-state index in [-0.39, 0.29) is 5.56 Å². The van der Waals surface area contributed by atoms with E-state index >= 15 is 0 Å². The molecule has 2 aromatic heterocycles. The lowest BCUT2D eigenvalue weighted by molar-refractivity contribution is 0.524. The molecular formula is C13H12N4O2. The van der Waals surface area contributed by atoms with Crippen LogP contribution >= 0.6 is 0 Å². The van der Waals surface area contributed by atoms with Crippen LogP contribution in [-0.4, -0.2) is 27.9 Å². The van der Waals surface area contributed by atoms with E-state index in [0.717, 1.165) is 31.5 Å². The van der Waals surface area contributed by atoms with Gasteiger partial charge in [0.05, 0.1) is 0 Å². The molecule has 96 valence electrons. The molecule has 0 atom stereocenters. The van der Waals surface area contributed by atoms with Crippen LogP contribution in [0.15, 0.2) is 27.4 Å². The Morgan fingerprint density at radius 3 is 2.95 bits per heavy atom. The number of rotatable bonds is 0. The third-order valence-corrected chi connectivity index (χ3v) is 3.56. The molecule has 1 aliphatic heterocycles. The molecular weight excluding hydrogens is 244 g/mol. The van der Waals surface area contributed by atoms with Crippen LogP contribution in [0.4, 0.5) is 0 Å². The van der Waals surface area contributed by atoms with Gasteiger partial charge < -0.3 is 9.73 Å². The zero-order chi connectivity index (χ0) is 12.8. The van der Waals surface area contributed by atoms with E-state index < -0.39 is 0 Å². The number of nitrogens with zero attached hydrogens (tertiary/aromatic N) is 3. The Morgan fingerprint density at radius 1 is 1.26 bits per heavy atom. The van der Waals surface area contributed by atoms with Crippen LogP contribution in [0.2, 0.25) is 0 Å². The first kappa shape index (κ1) is 10.7. The highest BCUT2D eigenvalue weighted by atomic mass is 16.3. The highest BCUT2D eigenvalue weighted by molar-refractivity contribution is 5.88. The van der Waals surface area contributed by atoms with E-state index in [4.69, 9.17) is 4.42 Å². The molecule has 1 fully saturated rings. The quantitative estimate of drug-likeness (QED) is 0.617. The molecule has 1 aliphatic rings. The number of nitrogens with one attached hydrogen (secondary N) is 1. The molecule has 1 N–H and O–H groups in total. The summed E-state index contributed by atoms with van der Waals surface area (Å²) in [5.74, 6) is 0. The summed E-state index contributed by atoms with van der Waals surface area (Å²) in [7, 11) is 0. The molecule has 0 radical (unpaired) electrons. The fraction of sp³-hybridized carbons (Fsp3) is 0.308. The molecule has 19 heavy (non-hydrogen) atoms. The topological polar surface area (TPSA) is 72.4 Å². The summed E-state index contributed by atoms with van der Waals surface area (Å²) in [5.41, 5.74) is 3.26. The number of piperidine rings is 1. The van der Waals surface area contributed by atoms with Crippen molar-refractivity contribution < 1.29 is 4.42 Å². The van der Waals surface area contributed by atoms with Crippen molar-refractivity contribution in [2.75, 3.05) is 13.1 Å². The van der Waals surface area contributed by atoms with Gasteiger partial charge in [-0.3, -0.25) is 4.79 Å². The van der Waals surface area contributed by atoms with Crippen molar-refractivity contribution in [2.45, 2.75) is 12.8 Å². The predicted molar refractivity (Wildman–Crippen MR) is 69.8 cm³/mol. The van der Waals surface area contributed by atoms with E-state index in [1.807, 2.05) is 18.2 Å². The SMILES string of the molecule is O=c1c(=C2CCNCC2)oc2cccc3nnn1c32. The second-order valence-electron chi connectivity index (χ2n) is 4.72. The molecule has 0 amide bonds. The third kappa shape index (κ3) is 1.50. The van der Waals surface area contributed by atoms with E-state index in [0.29, 0.717) is 22.0 Å². The summed E-state index contributed by atoms with van der Waals surface area (Å²) in [5, 5.41) is 11.2. The Morgan fingerprint density at radius 2 is 2.11 bits per heavy atom. The Bertz CT molecular complexity index is 869. The van der Waals surface area contributed by atoms with Crippen molar-refractivity contribution in [3.8, 4) is 0 Å². The van der Waals surface area contributed by atoms with Gasteiger partial charge in [0.25, 0.3) is 0 Å². The average Bonchev–Trinajstić information content (AvgIpc) is 2.89. The Balaban J connectivity index is 2.18. The molecule has 3 aromatic rings. The van der Waals surface area contributed by atoms with E-state index in [1.165, 1.54) is 4.52 Å². The minimum absolute atomic E-state index is 0.210. The van der Waals surface area contributed by atoms with Crippen molar-refractivity contribution >= 4 is 22.2 Å². The van der Waals surface area contributed by atoms with Crippen LogP contribution in [0.25, 0.3) is 22.2 Å². The zero-order valence-corrected chi connectivity index (χ0v) is 10.2. The van der Waals surface area contributed by atoms with Crippen molar-refractivity contribution in [1.29, 1.82) is 0 Å². The van der Waals surface area contributed by atoms with Crippen LogP contribution in [0, 0.1) is 0 Å². The van der Waals surface area contributed by atoms with Crippen LogP contribution in [0.1, 0.15) is 12.8 Å². The number of para-hydroxylation sites is 1. The molecule has 0 unspecified atom stereocenters. The van der Waals surface area contributed by atoms with Gasteiger partial charge in [0.1, 0.15) is 11.0 Å². The number of hydrogen-bond acceptors (Lipinski definition) is 5. The summed E-state index contributed by atoms with van der Waals surface area (Å²) >= 11 is 0. The summed E-state index contributed by atoms with van der Waals surface area (Å²) in [6, 6.07) is 5.52. The average molecular weight is 256 g/mol. The van der Waals surface area contributed by atoms with Crippen molar-refractivity contribution in [2.24, 2.45) is 0 Å². The smallest absolute Gasteiger partial charge is 0.315 e. The van der Waals surface area contributed by atoms with Gasteiger partial charge in [-0.1, -0.05) is 11.3 Å². The normalized spacial score (nSPS) is 16.5.